The van der Waals surface area contributed by atoms with Crippen LogP contribution in [0.3, 0.4) is 0 Å². The van der Waals surface area contributed by atoms with Gasteiger partial charge in [-0.25, -0.2) is 0 Å². The van der Waals surface area contributed by atoms with Gasteiger partial charge in [-0.3, -0.25) is 0 Å². The van der Waals surface area contributed by atoms with Crippen molar-refractivity contribution >= 4 is 42.6 Å². The third-order valence-electron chi connectivity index (χ3n) is 2.55. The van der Waals surface area contributed by atoms with E-state index in [1.54, 1.807) is 0 Å². The first-order valence-corrected chi connectivity index (χ1v) is 6.29. The molecule has 78 valence electrons. The Morgan fingerprint density at radius 1 is 1.00 bits per heavy atom. The molecule has 15 heavy (non-hydrogen) atoms. The van der Waals surface area contributed by atoms with Crippen LogP contribution in [0.15, 0.2) is 33.2 Å². The van der Waals surface area contributed by atoms with Crippen molar-refractivity contribution in [3.63, 3.8) is 0 Å². The Morgan fingerprint density at radius 2 is 1.53 bits per heavy atom. The third-order valence-corrected chi connectivity index (χ3v) is 4.40. The zero-order chi connectivity index (χ0) is 11.0. The first-order valence-electron chi connectivity index (χ1n) is 4.70. The summed E-state index contributed by atoms with van der Waals surface area (Å²) in [5.41, 5.74) is 8.14. The standard InChI is InChI=1S/C12H11Br2N/c1-7-2-8-4-11(13)12(14)5-9(8)3-10(7)6-15/h2-5H,6,15H2,1H3. The fraction of sp³-hybridized carbons (Fsp3) is 0.167. The summed E-state index contributed by atoms with van der Waals surface area (Å²) in [7, 11) is 0. The molecular formula is C12H11Br2N. The fourth-order valence-electron chi connectivity index (χ4n) is 1.68. The molecule has 2 aromatic rings. The summed E-state index contributed by atoms with van der Waals surface area (Å²) >= 11 is 7.01. The molecule has 0 amide bonds. The molecule has 0 aromatic heterocycles. The highest BCUT2D eigenvalue weighted by atomic mass is 79.9. The lowest BCUT2D eigenvalue weighted by molar-refractivity contribution is 1.05. The second-order valence-corrected chi connectivity index (χ2v) is 5.30. The Labute approximate surface area is 106 Å². The van der Waals surface area contributed by atoms with Crippen LogP contribution in [-0.4, -0.2) is 0 Å². The molecule has 0 aliphatic heterocycles. The van der Waals surface area contributed by atoms with Gasteiger partial charge in [-0.15, -0.1) is 0 Å². The highest BCUT2D eigenvalue weighted by Crippen LogP contribution is 2.30. The van der Waals surface area contributed by atoms with Crippen LogP contribution in [0.1, 0.15) is 11.1 Å². The van der Waals surface area contributed by atoms with Crippen LogP contribution in [0.5, 0.6) is 0 Å². The Hall–Kier alpha value is -0.380. The number of halogens is 2. The van der Waals surface area contributed by atoms with Crippen molar-refractivity contribution in [2.45, 2.75) is 13.5 Å². The highest BCUT2D eigenvalue weighted by molar-refractivity contribution is 9.13. The number of hydrogen-bond donors (Lipinski definition) is 1. The summed E-state index contributed by atoms with van der Waals surface area (Å²) in [4.78, 5) is 0. The Balaban J connectivity index is 2.76. The minimum Gasteiger partial charge on any atom is -0.326 e. The number of fused-ring (bicyclic) bond motifs is 1. The van der Waals surface area contributed by atoms with Crippen molar-refractivity contribution in [1.29, 1.82) is 0 Å². The largest absolute Gasteiger partial charge is 0.326 e. The van der Waals surface area contributed by atoms with Crippen LogP contribution in [-0.2, 0) is 6.54 Å². The van der Waals surface area contributed by atoms with E-state index in [0.29, 0.717) is 6.54 Å². The van der Waals surface area contributed by atoms with E-state index in [4.69, 9.17) is 5.73 Å². The van der Waals surface area contributed by atoms with E-state index >= 15 is 0 Å². The molecule has 0 unspecified atom stereocenters. The second-order valence-electron chi connectivity index (χ2n) is 3.60. The van der Waals surface area contributed by atoms with Crippen LogP contribution in [0, 0.1) is 6.92 Å². The van der Waals surface area contributed by atoms with Crippen LogP contribution in [0.25, 0.3) is 10.8 Å². The molecule has 2 N–H and O–H groups in total. The van der Waals surface area contributed by atoms with E-state index < -0.39 is 0 Å². The van der Waals surface area contributed by atoms with Gasteiger partial charge >= 0.3 is 0 Å². The molecule has 0 bridgehead atoms. The summed E-state index contributed by atoms with van der Waals surface area (Å²) in [5.74, 6) is 0. The molecule has 2 aromatic carbocycles. The monoisotopic (exact) mass is 327 g/mol. The molecule has 1 nitrogen and oxygen atoms in total. The van der Waals surface area contributed by atoms with E-state index in [-0.39, 0.29) is 0 Å². The van der Waals surface area contributed by atoms with E-state index in [1.807, 2.05) is 0 Å². The molecule has 0 aliphatic rings. The molecule has 0 heterocycles. The van der Waals surface area contributed by atoms with Crippen molar-refractivity contribution in [1.82, 2.24) is 0 Å². The maximum Gasteiger partial charge on any atom is 0.0323 e. The zero-order valence-corrected chi connectivity index (χ0v) is 11.5. The minimum atomic E-state index is 0.593. The van der Waals surface area contributed by atoms with E-state index in [2.05, 4.69) is 63.0 Å². The van der Waals surface area contributed by atoms with Gasteiger partial charge < -0.3 is 5.73 Å². The van der Waals surface area contributed by atoms with Crippen LogP contribution >= 0.6 is 31.9 Å². The molecule has 0 aliphatic carbocycles. The van der Waals surface area contributed by atoms with Gasteiger partial charge in [0.05, 0.1) is 0 Å². The molecule has 0 spiro atoms. The SMILES string of the molecule is Cc1cc2cc(Br)c(Br)cc2cc1CN. The van der Waals surface area contributed by atoms with Gasteiger partial charge in [0.1, 0.15) is 0 Å². The van der Waals surface area contributed by atoms with Crippen molar-refractivity contribution in [3.05, 3.63) is 44.3 Å². The summed E-state index contributed by atoms with van der Waals surface area (Å²) in [6.07, 6.45) is 0. The summed E-state index contributed by atoms with van der Waals surface area (Å²) in [5, 5.41) is 2.45. The molecular weight excluding hydrogens is 318 g/mol. The molecule has 2 rings (SSSR count). The Kier molecular flexibility index (Phi) is 3.14. The molecule has 0 radical (unpaired) electrons. The Bertz CT molecular complexity index is 521. The smallest absolute Gasteiger partial charge is 0.0323 e. The van der Waals surface area contributed by atoms with Crippen LogP contribution < -0.4 is 5.73 Å². The van der Waals surface area contributed by atoms with Crippen molar-refractivity contribution in [3.8, 4) is 0 Å². The quantitative estimate of drug-likeness (QED) is 0.836. The number of benzene rings is 2. The van der Waals surface area contributed by atoms with Gasteiger partial charge in [0.15, 0.2) is 0 Å². The average Bonchev–Trinajstić information content (AvgIpc) is 2.20. The summed E-state index contributed by atoms with van der Waals surface area (Å²) < 4.78 is 2.15. The minimum absolute atomic E-state index is 0.593. The van der Waals surface area contributed by atoms with Gasteiger partial charge in [0.2, 0.25) is 0 Å². The Morgan fingerprint density at radius 3 is 2.07 bits per heavy atom. The van der Waals surface area contributed by atoms with Crippen LogP contribution in [0.2, 0.25) is 0 Å². The van der Waals surface area contributed by atoms with Crippen molar-refractivity contribution in [2.75, 3.05) is 0 Å². The average molecular weight is 329 g/mol. The maximum atomic E-state index is 5.69. The number of aryl methyl sites for hydroxylation is 1. The summed E-state index contributed by atoms with van der Waals surface area (Å²) in [6.45, 7) is 2.69. The second kappa shape index (κ2) is 4.24. The number of rotatable bonds is 1. The van der Waals surface area contributed by atoms with E-state index in [0.717, 1.165) is 8.95 Å². The highest BCUT2D eigenvalue weighted by Gasteiger charge is 2.03. The maximum absolute atomic E-state index is 5.69. The predicted molar refractivity (Wildman–Crippen MR) is 72.0 cm³/mol. The first kappa shape index (κ1) is 11.1. The number of nitrogens with two attached hydrogens (primary N) is 1. The van der Waals surface area contributed by atoms with Gasteiger partial charge in [0.25, 0.3) is 0 Å². The van der Waals surface area contributed by atoms with Crippen molar-refractivity contribution in [2.24, 2.45) is 5.73 Å². The lowest BCUT2D eigenvalue weighted by Gasteiger charge is -2.07. The lowest BCUT2D eigenvalue weighted by Crippen LogP contribution is -1.98. The summed E-state index contributed by atoms with van der Waals surface area (Å²) in [6, 6.07) is 8.56. The lowest BCUT2D eigenvalue weighted by atomic mass is 10.0. The van der Waals surface area contributed by atoms with Crippen molar-refractivity contribution < 1.29 is 0 Å². The predicted octanol–water partition coefficient (Wildman–Crippen LogP) is 4.13. The molecule has 0 fully saturated rings. The van der Waals surface area contributed by atoms with Gasteiger partial charge in [-0.1, -0.05) is 6.07 Å². The zero-order valence-electron chi connectivity index (χ0n) is 8.35. The fourth-order valence-corrected chi connectivity index (χ4v) is 2.40. The third kappa shape index (κ3) is 2.10. The number of hydrogen-bond acceptors (Lipinski definition) is 1. The van der Waals surface area contributed by atoms with E-state index in [1.165, 1.54) is 21.9 Å². The molecule has 0 saturated carbocycles. The molecule has 3 heteroatoms. The molecule has 0 saturated heterocycles. The van der Waals surface area contributed by atoms with Crippen LogP contribution in [0.4, 0.5) is 0 Å². The van der Waals surface area contributed by atoms with Gasteiger partial charge in [0, 0.05) is 15.5 Å². The normalized spacial score (nSPS) is 10.9. The topological polar surface area (TPSA) is 26.0 Å². The first-order chi connectivity index (χ1) is 7.11. The van der Waals surface area contributed by atoms with Gasteiger partial charge in [-0.2, -0.15) is 0 Å². The molecule has 0 atom stereocenters. The van der Waals surface area contributed by atoms with E-state index in [9.17, 15) is 0 Å². The van der Waals surface area contributed by atoms with Gasteiger partial charge in [-0.05, 0) is 78.9 Å².